The van der Waals surface area contributed by atoms with Gasteiger partial charge >= 0.3 is 0 Å². The standard InChI is InChI=1S/C34H35N5O/c1-37(23-26-8-3-2-4-9-26)33-21-31(34(40)39-19-7-10-29(39)24-38-17-5-6-18-38)30-20-28(15-16-32(30)36-33)27-13-11-25(22-35)12-14-27/h2-4,8-9,11-16,20-21,29H,5-7,10,17-19,23-24H2,1H3/t29-/m0/s1. The lowest BCUT2D eigenvalue weighted by Gasteiger charge is -2.29. The second kappa shape index (κ2) is 11.5. The number of nitrogens with zero attached hydrogens (tertiary/aromatic N) is 5. The number of likely N-dealkylation sites (tertiary alicyclic amines) is 2. The van der Waals surface area contributed by atoms with E-state index in [0.717, 1.165) is 66.9 Å². The van der Waals surface area contributed by atoms with Gasteiger partial charge in [-0.1, -0.05) is 48.5 Å². The summed E-state index contributed by atoms with van der Waals surface area (Å²) in [5, 5.41) is 10.1. The summed E-state index contributed by atoms with van der Waals surface area (Å²) in [4.78, 5) is 26.1. The maximum absolute atomic E-state index is 14.3. The highest BCUT2D eigenvalue weighted by atomic mass is 16.2. The highest BCUT2D eigenvalue weighted by Gasteiger charge is 2.32. The first kappa shape index (κ1) is 26.0. The maximum atomic E-state index is 14.3. The van der Waals surface area contributed by atoms with E-state index in [4.69, 9.17) is 4.98 Å². The van der Waals surface area contributed by atoms with Crippen LogP contribution in [0.3, 0.4) is 0 Å². The summed E-state index contributed by atoms with van der Waals surface area (Å²) < 4.78 is 0. The van der Waals surface area contributed by atoms with Crippen molar-refractivity contribution in [3.8, 4) is 17.2 Å². The zero-order chi connectivity index (χ0) is 27.5. The Labute approximate surface area is 236 Å². The van der Waals surface area contributed by atoms with Crippen LogP contribution in [0.2, 0.25) is 0 Å². The van der Waals surface area contributed by atoms with Crippen LogP contribution < -0.4 is 4.90 Å². The molecule has 3 heterocycles. The molecular formula is C34H35N5O. The van der Waals surface area contributed by atoms with E-state index in [2.05, 4.69) is 45.0 Å². The summed E-state index contributed by atoms with van der Waals surface area (Å²) in [5.74, 6) is 0.890. The maximum Gasteiger partial charge on any atom is 0.254 e. The molecule has 2 saturated heterocycles. The fourth-order valence-electron chi connectivity index (χ4n) is 6.15. The molecule has 0 aliphatic carbocycles. The largest absolute Gasteiger partial charge is 0.355 e. The predicted octanol–water partition coefficient (Wildman–Crippen LogP) is 6.11. The SMILES string of the molecule is CN(Cc1ccccc1)c1cc(C(=O)N2CCC[C@H]2CN2CCCC2)c2cc(-c3ccc(C#N)cc3)ccc2n1. The number of amides is 1. The molecule has 0 unspecified atom stereocenters. The smallest absolute Gasteiger partial charge is 0.254 e. The van der Waals surface area contributed by atoms with E-state index < -0.39 is 0 Å². The van der Waals surface area contributed by atoms with Crippen LogP contribution in [0.25, 0.3) is 22.0 Å². The number of rotatable bonds is 7. The van der Waals surface area contributed by atoms with Crippen molar-refractivity contribution in [3.63, 3.8) is 0 Å². The number of benzene rings is 3. The number of hydrogen-bond donors (Lipinski definition) is 0. The summed E-state index contributed by atoms with van der Waals surface area (Å²) in [7, 11) is 2.03. The number of anilines is 1. The van der Waals surface area contributed by atoms with Crippen LogP contribution in [-0.2, 0) is 6.54 Å². The number of fused-ring (bicyclic) bond motifs is 1. The Morgan fingerprint density at radius 3 is 2.45 bits per heavy atom. The Balaban J connectivity index is 1.39. The number of carbonyl (C=O) groups is 1. The van der Waals surface area contributed by atoms with Crippen molar-refractivity contribution in [1.29, 1.82) is 5.26 Å². The van der Waals surface area contributed by atoms with Gasteiger partial charge in [-0.25, -0.2) is 4.98 Å². The third-order valence-corrected chi connectivity index (χ3v) is 8.33. The Kier molecular flexibility index (Phi) is 7.48. The molecule has 202 valence electrons. The van der Waals surface area contributed by atoms with Crippen LogP contribution in [0.5, 0.6) is 0 Å². The molecule has 0 radical (unpaired) electrons. The normalized spacial score (nSPS) is 17.3. The molecule has 0 bridgehead atoms. The molecule has 40 heavy (non-hydrogen) atoms. The van der Waals surface area contributed by atoms with Gasteiger partial charge in [-0.05, 0) is 85.8 Å². The van der Waals surface area contributed by atoms with Crippen LogP contribution >= 0.6 is 0 Å². The minimum absolute atomic E-state index is 0.0976. The number of pyridine rings is 1. The van der Waals surface area contributed by atoms with Crippen molar-refractivity contribution >= 4 is 22.6 Å². The molecule has 2 aliphatic rings. The second-order valence-electron chi connectivity index (χ2n) is 11.1. The van der Waals surface area contributed by atoms with Gasteiger partial charge in [0.05, 0.1) is 22.7 Å². The Morgan fingerprint density at radius 2 is 1.70 bits per heavy atom. The van der Waals surface area contributed by atoms with Gasteiger partial charge in [0.25, 0.3) is 5.91 Å². The fraction of sp³-hybridized carbons (Fsp3) is 0.324. The van der Waals surface area contributed by atoms with E-state index in [0.29, 0.717) is 17.7 Å². The first-order chi connectivity index (χ1) is 19.6. The number of hydrogen-bond acceptors (Lipinski definition) is 5. The summed E-state index contributed by atoms with van der Waals surface area (Å²) in [6.45, 7) is 4.74. The molecule has 1 atom stereocenters. The highest BCUT2D eigenvalue weighted by molar-refractivity contribution is 6.08. The number of aromatic nitrogens is 1. The molecule has 3 aromatic carbocycles. The van der Waals surface area contributed by atoms with Gasteiger partial charge in [-0.3, -0.25) is 4.79 Å². The molecule has 0 saturated carbocycles. The first-order valence-corrected chi connectivity index (χ1v) is 14.3. The van der Waals surface area contributed by atoms with Crippen molar-refractivity contribution in [2.75, 3.05) is 38.1 Å². The summed E-state index contributed by atoms with van der Waals surface area (Å²) >= 11 is 0. The molecule has 6 heteroatoms. The average molecular weight is 530 g/mol. The first-order valence-electron chi connectivity index (χ1n) is 14.3. The lowest BCUT2D eigenvalue weighted by atomic mass is 9.99. The van der Waals surface area contributed by atoms with Crippen molar-refractivity contribution in [1.82, 2.24) is 14.8 Å². The third-order valence-electron chi connectivity index (χ3n) is 8.33. The molecule has 4 aromatic rings. The molecule has 2 fully saturated rings. The molecule has 0 N–H and O–H groups in total. The lowest BCUT2D eigenvalue weighted by molar-refractivity contribution is 0.0710. The lowest BCUT2D eigenvalue weighted by Crippen LogP contribution is -2.42. The van der Waals surface area contributed by atoms with E-state index in [9.17, 15) is 10.1 Å². The molecule has 1 aromatic heterocycles. The van der Waals surface area contributed by atoms with E-state index in [-0.39, 0.29) is 11.9 Å². The van der Waals surface area contributed by atoms with Gasteiger partial charge in [-0.15, -0.1) is 0 Å². The van der Waals surface area contributed by atoms with Crippen LogP contribution in [-0.4, -0.2) is 60.0 Å². The van der Waals surface area contributed by atoms with Crippen molar-refractivity contribution < 1.29 is 4.79 Å². The summed E-state index contributed by atoms with van der Waals surface area (Å²) in [6.07, 6.45) is 4.61. The van der Waals surface area contributed by atoms with Gasteiger partial charge in [0.1, 0.15) is 5.82 Å². The summed E-state index contributed by atoms with van der Waals surface area (Å²) in [5.41, 5.74) is 5.37. The van der Waals surface area contributed by atoms with Crippen molar-refractivity contribution in [2.24, 2.45) is 0 Å². The van der Waals surface area contributed by atoms with E-state index in [1.807, 2.05) is 61.6 Å². The molecule has 1 amide bonds. The zero-order valence-electron chi connectivity index (χ0n) is 23.1. The Morgan fingerprint density at radius 1 is 0.950 bits per heavy atom. The van der Waals surface area contributed by atoms with Crippen molar-refractivity contribution in [2.45, 2.75) is 38.3 Å². The van der Waals surface area contributed by atoms with Gasteiger partial charge in [-0.2, -0.15) is 5.26 Å². The van der Waals surface area contributed by atoms with Crippen LogP contribution in [0.1, 0.15) is 47.2 Å². The van der Waals surface area contributed by atoms with E-state index in [1.165, 1.54) is 18.4 Å². The highest BCUT2D eigenvalue weighted by Crippen LogP contribution is 2.31. The molecular weight excluding hydrogens is 494 g/mol. The summed E-state index contributed by atoms with van der Waals surface area (Å²) in [6, 6.07) is 28.5. The van der Waals surface area contributed by atoms with Gasteiger partial charge in [0, 0.05) is 38.1 Å². The number of carbonyl (C=O) groups excluding carboxylic acids is 1. The quantitative estimate of drug-likeness (QED) is 0.289. The fourth-order valence-corrected chi connectivity index (χ4v) is 6.15. The minimum atomic E-state index is 0.0976. The minimum Gasteiger partial charge on any atom is -0.355 e. The Hall–Kier alpha value is -4.21. The molecule has 2 aliphatic heterocycles. The van der Waals surface area contributed by atoms with E-state index >= 15 is 0 Å². The topological polar surface area (TPSA) is 63.5 Å². The van der Waals surface area contributed by atoms with Gasteiger partial charge in [0.15, 0.2) is 0 Å². The van der Waals surface area contributed by atoms with Crippen LogP contribution in [0.15, 0.2) is 78.9 Å². The van der Waals surface area contributed by atoms with Crippen LogP contribution in [0, 0.1) is 11.3 Å². The van der Waals surface area contributed by atoms with E-state index in [1.54, 1.807) is 0 Å². The zero-order valence-corrected chi connectivity index (χ0v) is 23.1. The monoisotopic (exact) mass is 529 g/mol. The van der Waals surface area contributed by atoms with Crippen LogP contribution in [0.4, 0.5) is 5.82 Å². The molecule has 0 spiro atoms. The predicted molar refractivity (Wildman–Crippen MR) is 160 cm³/mol. The second-order valence-corrected chi connectivity index (χ2v) is 11.1. The number of nitriles is 1. The molecule has 6 nitrogen and oxygen atoms in total. The van der Waals surface area contributed by atoms with Gasteiger partial charge in [0.2, 0.25) is 0 Å². The van der Waals surface area contributed by atoms with Gasteiger partial charge < -0.3 is 14.7 Å². The molecule has 6 rings (SSSR count). The van der Waals surface area contributed by atoms with Crippen molar-refractivity contribution in [3.05, 3.63) is 95.6 Å². The third kappa shape index (κ3) is 5.43. The Bertz CT molecular complexity index is 1540. The average Bonchev–Trinajstić information content (AvgIpc) is 3.69.